The number of carbonyl (C=O) groups excluding carboxylic acids is 1. The van der Waals surface area contributed by atoms with Crippen LogP contribution < -0.4 is 10.6 Å². The number of carbonyl (C=O) groups is 2. The zero-order chi connectivity index (χ0) is 14.9. The van der Waals surface area contributed by atoms with E-state index in [1.54, 1.807) is 18.2 Å². The molecule has 0 saturated carbocycles. The molecule has 1 heterocycles. The van der Waals surface area contributed by atoms with E-state index in [9.17, 15) is 9.59 Å². The fourth-order valence-corrected chi connectivity index (χ4v) is 3.01. The molecular weight excluding hydrogens is 280 g/mol. The minimum Gasteiger partial charge on any atom is -0.481 e. The third-order valence-electron chi connectivity index (χ3n) is 3.77. The molecule has 0 aromatic heterocycles. The van der Waals surface area contributed by atoms with E-state index in [0.29, 0.717) is 35.7 Å². The van der Waals surface area contributed by atoms with Gasteiger partial charge >= 0.3 is 5.97 Å². The maximum Gasteiger partial charge on any atom is 0.306 e. The fraction of sp³-hybridized carbons (Fsp3) is 0.429. The molecule has 1 aromatic rings. The van der Waals surface area contributed by atoms with Crippen molar-refractivity contribution in [3.05, 3.63) is 28.8 Å². The molecule has 1 amide bonds. The number of aliphatic carboxylic acids is 1. The zero-order valence-electron chi connectivity index (χ0n) is 11.2. The van der Waals surface area contributed by atoms with Crippen LogP contribution in [0.2, 0.25) is 5.02 Å². The van der Waals surface area contributed by atoms with Gasteiger partial charge in [0.2, 0.25) is 0 Å². The van der Waals surface area contributed by atoms with Crippen LogP contribution in [0, 0.1) is 5.92 Å². The van der Waals surface area contributed by atoms with Crippen LogP contribution in [-0.4, -0.2) is 29.6 Å². The van der Waals surface area contributed by atoms with E-state index in [2.05, 4.69) is 0 Å². The Morgan fingerprint density at radius 3 is 2.70 bits per heavy atom. The van der Waals surface area contributed by atoms with E-state index in [1.807, 2.05) is 11.8 Å². The number of carboxylic acids is 1. The number of benzene rings is 1. The summed E-state index contributed by atoms with van der Waals surface area (Å²) in [7, 11) is 0. The van der Waals surface area contributed by atoms with Crippen LogP contribution in [0.25, 0.3) is 0 Å². The van der Waals surface area contributed by atoms with Crippen LogP contribution in [-0.2, 0) is 4.79 Å². The van der Waals surface area contributed by atoms with E-state index in [1.165, 1.54) is 0 Å². The van der Waals surface area contributed by atoms with E-state index in [-0.39, 0.29) is 12.0 Å². The molecule has 3 N–H and O–H groups in total. The zero-order valence-corrected chi connectivity index (χ0v) is 11.9. The molecule has 1 fully saturated rings. The summed E-state index contributed by atoms with van der Waals surface area (Å²) in [5.41, 5.74) is 6.38. The minimum absolute atomic E-state index is 0.0152. The highest BCUT2D eigenvalue weighted by Gasteiger charge is 2.31. The van der Waals surface area contributed by atoms with Crippen molar-refractivity contribution in [3.63, 3.8) is 0 Å². The minimum atomic E-state index is -0.766. The summed E-state index contributed by atoms with van der Waals surface area (Å²) >= 11 is 6.05. The van der Waals surface area contributed by atoms with Crippen LogP contribution in [0.15, 0.2) is 18.2 Å². The SMILES string of the molecule is CC1CC(C(=O)O)CCN1c1cccc(Cl)c1C(N)=O. The van der Waals surface area contributed by atoms with Crippen molar-refractivity contribution in [2.75, 3.05) is 11.4 Å². The number of primary amides is 1. The molecule has 5 nitrogen and oxygen atoms in total. The number of nitrogens with zero attached hydrogens (tertiary/aromatic N) is 1. The monoisotopic (exact) mass is 296 g/mol. The van der Waals surface area contributed by atoms with Crippen molar-refractivity contribution in [3.8, 4) is 0 Å². The fourth-order valence-electron chi connectivity index (χ4n) is 2.75. The van der Waals surface area contributed by atoms with Gasteiger partial charge in [0.05, 0.1) is 22.2 Å². The van der Waals surface area contributed by atoms with E-state index < -0.39 is 11.9 Å². The third kappa shape index (κ3) is 2.72. The Balaban J connectivity index is 2.32. The quantitative estimate of drug-likeness (QED) is 0.895. The number of halogens is 1. The third-order valence-corrected chi connectivity index (χ3v) is 4.09. The molecule has 1 saturated heterocycles. The van der Waals surface area contributed by atoms with Crippen LogP contribution in [0.4, 0.5) is 5.69 Å². The van der Waals surface area contributed by atoms with Gasteiger partial charge in [0.1, 0.15) is 0 Å². The number of piperidine rings is 1. The van der Waals surface area contributed by atoms with E-state index >= 15 is 0 Å². The van der Waals surface area contributed by atoms with Gasteiger partial charge in [-0.15, -0.1) is 0 Å². The molecule has 20 heavy (non-hydrogen) atoms. The number of carboxylic acid groups (broad SMARTS) is 1. The van der Waals surface area contributed by atoms with Gasteiger partial charge in [-0.3, -0.25) is 9.59 Å². The van der Waals surface area contributed by atoms with Gasteiger partial charge in [-0.2, -0.15) is 0 Å². The molecule has 6 heteroatoms. The highest BCUT2D eigenvalue weighted by molar-refractivity contribution is 6.34. The highest BCUT2D eigenvalue weighted by Crippen LogP contribution is 2.33. The Bertz CT molecular complexity index is 547. The Kier molecular flexibility index (Phi) is 4.18. The largest absolute Gasteiger partial charge is 0.481 e. The van der Waals surface area contributed by atoms with Crippen molar-refractivity contribution in [2.45, 2.75) is 25.8 Å². The van der Waals surface area contributed by atoms with Gasteiger partial charge in [-0.25, -0.2) is 0 Å². The highest BCUT2D eigenvalue weighted by atomic mass is 35.5. The average molecular weight is 297 g/mol. The van der Waals surface area contributed by atoms with Gasteiger partial charge in [-0.05, 0) is 31.9 Å². The van der Waals surface area contributed by atoms with Crippen molar-refractivity contribution in [1.82, 2.24) is 0 Å². The second-order valence-electron chi connectivity index (χ2n) is 5.10. The van der Waals surface area contributed by atoms with Crippen molar-refractivity contribution in [2.24, 2.45) is 11.7 Å². The molecule has 108 valence electrons. The molecule has 0 spiro atoms. The maximum atomic E-state index is 11.6. The predicted octanol–water partition coefficient (Wildman–Crippen LogP) is 2.13. The first-order valence-electron chi connectivity index (χ1n) is 6.49. The smallest absolute Gasteiger partial charge is 0.306 e. The second-order valence-corrected chi connectivity index (χ2v) is 5.51. The van der Waals surface area contributed by atoms with Gasteiger partial charge in [0.15, 0.2) is 0 Å². The first-order valence-corrected chi connectivity index (χ1v) is 6.87. The lowest BCUT2D eigenvalue weighted by Gasteiger charge is -2.38. The lowest BCUT2D eigenvalue weighted by molar-refractivity contribution is -0.142. The molecule has 2 unspecified atom stereocenters. The molecule has 0 bridgehead atoms. The first-order chi connectivity index (χ1) is 9.41. The Hall–Kier alpha value is -1.75. The molecule has 2 rings (SSSR count). The molecule has 0 radical (unpaired) electrons. The molecule has 1 aliphatic rings. The number of anilines is 1. The van der Waals surface area contributed by atoms with Gasteiger partial charge < -0.3 is 15.7 Å². The van der Waals surface area contributed by atoms with Crippen molar-refractivity contribution >= 4 is 29.2 Å². The van der Waals surface area contributed by atoms with Gasteiger partial charge in [0, 0.05) is 12.6 Å². The normalized spacial score (nSPS) is 22.6. The molecule has 1 aromatic carbocycles. The van der Waals surface area contributed by atoms with Crippen LogP contribution in [0.1, 0.15) is 30.1 Å². The number of nitrogens with two attached hydrogens (primary N) is 1. The van der Waals surface area contributed by atoms with Gasteiger partial charge in [-0.1, -0.05) is 17.7 Å². The number of amides is 1. The van der Waals surface area contributed by atoms with E-state index in [0.717, 1.165) is 0 Å². The average Bonchev–Trinajstić information content (AvgIpc) is 2.37. The molecule has 0 aliphatic carbocycles. The Labute approximate surface area is 122 Å². The van der Waals surface area contributed by atoms with Crippen molar-refractivity contribution in [1.29, 1.82) is 0 Å². The summed E-state index contributed by atoms with van der Waals surface area (Å²) in [5.74, 6) is -1.67. The maximum absolute atomic E-state index is 11.6. The summed E-state index contributed by atoms with van der Waals surface area (Å²) in [6.07, 6.45) is 1.09. The molecular formula is C14H17ClN2O3. The van der Waals surface area contributed by atoms with Crippen LogP contribution in [0.5, 0.6) is 0 Å². The van der Waals surface area contributed by atoms with Crippen LogP contribution >= 0.6 is 11.6 Å². The standard InChI is InChI=1S/C14H17ClN2O3/c1-8-7-9(14(19)20)5-6-17(8)11-4-2-3-10(15)12(11)13(16)18/h2-4,8-9H,5-7H2,1H3,(H2,16,18)(H,19,20). The Morgan fingerprint density at radius 2 is 2.15 bits per heavy atom. The predicted molar refractivity (Wildman–Crippen MR) is 77.1 cm³/mol. The summed E-state index contributed by atoms with van der Waals surface area (Å²) in [5, 5.41) is 9.41. The summed E-state index contributed by atoms with van der Waals surface area (Å²) < 4.78 is 0. The number of rotatable bonds is 3. The topological polar surface area (TPSA) is 83.6 Å². The summed E-state index contributed by atoms with van der Waals surface area (Å²) in [6, 6.07) is 5.20. The van der Waals surface area contributed by atoms with Crippen LogP contribution in [0.3, 0.4) is 0 Å². The lowest BCUT2D eigenvalue weighted by Crippen LogP contribution is -2.43. The summed E-state index contributed by atoms with van der Waals surface area (Å²) in [4.78, 5) is 24.6. The number of hydrogen-bond acceptors (Lipinski definition) is 3. The number of hydrogen-bond donors (Lipinski definition) is 2. The van der Waals surface area contributed by atoms with Crippen molar-refractivity contribution < 1.29 is 14.7 Å². The Morgan fingerprint density at radius 1 is 1.45 bits per heavy atom. The summed E-state index contributed by atoms with van der Waals surface area (Å²) in [6.45, 7) is 2.51. The molecule has 1 aliphatic heterocycles. The lowest BCUT2D eigenvalue weighted by atomic mass is 9.91. The van der Waals surface area contributed by atoms with E-state index in [4.69, 9.17) is 22.4 Å². The second kappa shape index (κ2) is 5.71. The first kappa shape index (κ1) is 14.7. The van der Waals surface area contributed by atoms with Gasteiger partial charge in [0.25, 0.3) is 5.91 Å². The molecule has 2 atom stereocenters.